The van der Waals surface area contributed by atoms with E-state index in [1.54, 1.807) is 0 Å². The van der Waals surface area contributed by atoms with E-state index < -0.39 is 0 Å². The van der Waals surface area contributed by atoms with Gasteiger partial charge in [0.2, 0.25) is 0 Å². The van der Waals surface area contributed by atoms with Gasteiger partial charge in [-0.05, 0) is 27.2 Å². The van der Waals surface area contributed by atoms with Crippen molar-refractivity contribution < 1.29 is 0 Å². The first kappa shape index (κ1) is 9.22. The second-order valence-electron chi connectivity index (χ2n) is 2.61. The number of rotatable bonds is 3. The summed E-state index contributed by atoms with van der Waals surface area (Å²) in [5.41, 5.74) is 2.49. The Labute approximate surface area is 64.0 Å². The van der Waals surface area contributed by atoms with Crippen molar-refractivity contribution in [3.8, 4) is 0 Å². The zero-order valence-electron chi connectivity index (χ0n) is 7.15. The topological polar surface area (TPSA) is 0 Å². The van der Waals surface area contributed by atoms with E-state index >= 15 is 0 Å². The molecule has 0 aromatic heterocycles. The molecule has 0 heteroatoms. The predicted octanol–water partition coefficient (Wildman–Crippen LogP) is 3.48. The summed E-state index contributed by atoms with van der Waals surface area (Å²) in [5.74, 6) is 0. The lowest BCUT2D eigenvalue weighted by atomic mass is 10.1. The van der Waals surface area contributed by atoms with Gasteiger partial charge in [0, 0.05) is 0 Å². The van der Waals surface area contributed by atoms with Crippen LogP contribution in [0.3, 0.4) is 0 Å². The smallest absolute Gasteiger partial charge is 0.0138 e. The van der Waals surface area contributed by atoms with Crippen molar-refractivity contribution in [2.24, 2.45) is 0 Å². The molecule has 0 aromatic carbocycles. The molecule has 0 aromatic rings. The molecule has 0 spiro atoms. The van der Waals surface area contributed by atoms with E-state index in [0.717, 1.165) is 12.0 Å². The third-order valence-electron chi connectivity index (χ3n) is 1.17. The molecule has 0 nitrogen and oxygen atoms in total. The molecule has 0 heterocycles. The Kier molecular flexibility index (Phi) is 4.65. The molecular formula is C10H16. The molecule has 0 radical (unpaired) electrons. The fourth-order valence-electron chi connectivity index (χ4n) is 0.783. The highest BCUT2D eigenvalue weighted by molar-refractivity contribution is 5.18. The lowest BCUT2D eigenvalue weighted by molar-refractivity contribution is 1.20. The van der Waals surface area contributed by atoms with E-state index in [9.17, 15) is 0 Å². The molecule has 0 rings (SSSR count). The van der Waals surface area contributed by atoms with Crippen LogP contribution in [-0.4, -0.2) is 0 Å². The van der Waals surface area contributed by atoms with Gasteiger partial charge >= 0.3 is 0 Å². The average Bonchev–Trinajstić information content (AvgIpc) is 1.82. The summed E-state index contributed by atoms with van der Waals surface area (Å²) in [6, 6.07) is 0. The molecule has 0 fully saturated rings. The maximum atomic E-state index is 3.80. The average molecular weight is 136 g/mol. The second kappa shape index (κ2) is 5.04. The summed E-state index contributed by atoms with van der Waals surface area (Å²) in [6.07, 6.45) is 7.37. The van der Waals surface area contributed by atoms with Crippen molar-refractivity contribution >= 4 is 0 Å². The van der Waals surface area contributed by atoms with Gasteiger partial charge in [0.1, 0.15) is 0 Å². The molecule has 0 N–H and O–H groups in total. The van der Waals surface area contributed by atoms with Crippen molar-refractivity contribution in [2.75, 3.05) is 0 Å². The molecule has 0 saturated carbocycles. The van der Waals surface area contributed by atoms with Gasteiger partial charge in [-0.2, -0.15) is 0 Å². The summed E-state index contributed by atoms with van der Waals surface area (Å²) in [5, 5.41) is 0. The highest BCUT2D eigenvalue weighted by atomic mass is 13.9. The van der Waals surface area contributed by atoms with Crippen LogP contribution in [-0.2, 0) is 0 Å². The van der Waals surface area contributed by atoms with Gasteiger partial charge in [-0.1, -0.05) is 36.0 Å². The lowest BCUT2D eigenvalue weighted by Gasteiger charge is -1.93. The van der Waals surface area contributed by atoms with E-state index in [2.05, 4.69) is 31.7 Å². The normalized spacial score (nSPS) is 12.5. The number of hydrogen-bond donors (Lipinski definition) is 0. The Morgan fingerprint density at radius 3 is 2.40 bits per heavy atom. The first-order chi connectivity index (χ1) is 4.66. The van der Waals surface area contributed by atoms with E-state index in [1.165, 1.54) is 5.57 Å². The molecule has 0 atom stereocenters. The lowest BCUT2D eigenvalue weighted by Crippen LogP contribution is -1.73. The van der Waals surface area contributed by atoms with Crippen molar-refractivity contribution in [1.29, 1.82) is 0 Å². The van der Waals surface area contributed by atoms with Crippen LogP contribution in [0.25, 0.3) is 0 Å². The van der Waals surface area contributed by atoms with Crippen LogP contribution >= 0.6 is 0 Å². The summed E-state index contributed by atoms with van der Waals surface area (Å²) >= 11 is 0. The van der Waals surface area contributed by atoms with E-state index in [1.807, 2.05) is 13.8 Å². The maximum absolute atomic E-state index is 3.80. The first-order valence-electron chi connectivity index (χ1n) is 3.60. The third kappa shape index (κ3) is 5.36. The van der Waals surface area contributed by atoms with Gasteiger partial charge in [-0.3, -0.25) is 0 Å². The minimum atomic E-state index is 1.04. The molecule has 0 aliphatic heterocycles. The van der Waals surface area contributed by atoms with Crippen molar-refractivity contribution in [1.82, 2.24) is 0 Å². The van der Waals surface area contributed by atoms with Gasteiger partial charge in [-0.25, -0.2) is 0 Å². The van der Waals surface area contributed by atoms with Crippen LogP contribution in [0.2, 0.25) is 0 Å². The van der Waals surface area contributed by atoms with E-state index in [4.69, 9.17) is 0 Å². The summed E-state index contributed by atoms with van der Waals surface area (Å²) < 4.78 is 0. The second-order valence-corrected chi connectivity index (χ2v) is 2.61. The number of allylic oxidation sites excluding steroid dienone is 5. The van der Waals surface area contributed by atoms with Crippen LogP contribution in [0, 0.1) is 0 Å². The SMILES string of the molecule is C=C(C)C=C(C)CC=CC. The maximum Gasteiger partial charge on any atom is -0.0138 e. The minimum absolute atomic E-state index is 1.04. The quantitative estimate of drug-likeness (QED) is 0.411. The summed E-state index contributed by atoms with van der Waals surface area (Å²) in [7, 11) is 0. The van der Waals surface area contributed by atoms with Gasteiger partial charge in [0.25, 0.3) is 0 Å². The molecule has 56 valence electrons. The monoisotopic (exact) mass is 136 g/mol. The minimum Gasteiger partial charge on any atom is -0.0961 e. The molecule has 0 bridgehead atoms. The summed E-state index contributed by atoms with van der Waals surface area (Å²) in [4.78, 5) is 0. The molecular weight excluding hydrogens is 120 g/mol. The van der Waals surface area contributed by atoms with Gasteiger partial charge < -0.3 is 0 Å². The molecule has 0 unspecified atom stereocenters. The molecule has 10 heavy (non-hydrogen) atoms. The van der Waals surface area contributed by atoms with E-state index in [-0.39, 0.29) is 0 Å². The summed E-state index contributed by atoms with van der Waals surface area (Å²) in [6.45, 7) is 9.97. The highest BCUT2D eigenvalue weighted by Gasteiger charge is 1.83. The fourth-order valence-corrected chi connectivity index (χ4v) is 0.783. The van der Waals surface area contributed by atoms with Crippen molar-refractivity contribution in [3.05, 3.63) is 36.0 Å². The van der Waals surface area contributed by atoms with Gasteiger partial charge in [0.15, 0.2) is 0 Å². The van der Waals surface area contributed by atoms with Crippen LogP contribution in [0.1, 0.15) is 27.2 Å². The largest absolute Gasteiger partial charge is 0.0961 e. The molecule has 0 aliphatic carbocycles. The molecule has 0 saturated heterocycles. The Morgan fingerprint density at radius 1 is 1.40 bits per heavy atom. The van der Waals surface area contributed by atoms with Crippen molar-refractivity contribution in [2.45, 2.75) is 27.2 Å². The highest BCUT2D eigenvalue weighted by Crippen LogP contribution is 2.04. The Morgan fingerprint density at radius 2 is 2.00 bits per heavy atom. The zero-order valence-corrected chi connectivity index (χ0v) is 7.15. The standard InChI is InChI=1S/C10H16/c1-5-6-7-10(4)8-9(2)3/h5-6,8H,2,7H2,1,3-4H3. The zero-order chi connectivity index (χ0) is 7.98. The van der Waals surface area contributed by atoms with Crippen LogP contribution < -0.4 is 0 Å². The van der Waals surface area contributed by atoms with Crippen LogP contribution in [0.15, 0.2) is 36.0 Å². The Hall–Kier alpha value is -0.780. The number of hydrogen-bond acceptors (Lipinski definition) is 0. The predicted molar refractivity (Wildman–Crippen MR) is 48.0 cm³/mol. The molecule has 0 amide bonds. The van der Waals surface area contributed by atoms with Crippen molar-refractivity contribution in [3.63, 3.8) is 0 Å². The van der Waals surface area contributed by atoms with Gasteiger partial charge in [-0.15, -0.1) is 0 Å². The third-order valence-corrected chi connectivity index (χ3v) is 1.17. The fraction of sp³-hybridized carbons (Fsp3) is 0.400. The van der Waals surface area contributed by atoms with E-state index in [0.29, 0.717) is 0 Å². The Balaban J connectivity index is 3.82. The molecule has 0 aliphatic rings. The first-order valence-corrected chi connectivity index (χ1v) is 3.60. The Bertz CT molecular complexity index is 159. The van der Waals surface area contributed by atoms with Crippen LogP contribution in [0.5, 0.6) is 0 Å². The van der Waals surface area contributed by atoms with Gasteiger partial charge in [0.05, 0.1) is 0 Å². The van der Waals surface area contributed by atoms with Crippen LogP contribution in [0.4, 0.5) is 0 Å².